The molecule has 0 bridgehead atoms. The van der Waals surface area contributed by atoms with Crippen LogP contribution in [-0.4, -0.2) is 28.0 Å². The van der Waals surface area contributed by atoms with Crippen molar-refractivity contribution in [1.29, 1.82) is 0 Å². The number of carboxylic acid groups (broad SMARTS) is 1. The van der Waals surface area contributed by atoms with E-state index in [4.69, 9.17) is 5.11 Å². The first-order valence-electron chi connectivity index (χ1n) is 5.77. The Morgan fingerprint density at radius 2 is 2.19 bits per heavy atom. The number of anilines is 2. The summed E-state index contributed by atoms with van der Waals surface area (Å²) in [6.45, 7) is 0. The van der Waals surface area contributed by atoms with Gasteiger partial charge >= 0.3 is 5.97 Å². The van der Waals surface area contributed by atoms with Gasteiger partial charge in [-0.15, -0.1) is 0 Å². The van der Waals surface area contributed by atoms with Gasteiger partial charge in [-0.2, -0.15) is 0 Å². The van der Waals surface area contributed by atoms with Crippen molar-refractivity contribution in [2.45, 2.75) is 0 Å². The molecule has 1 aromatic carbocycles. The van der Waals surface area contributed by atoms with Gasteiger partial charge in [0.05, 0.1) is 28.6 Å². The lowest BCUT2D eigenvalue weighted by molar-refractivity contribution is -0.385. The number of halogens is 1. The zero-order chi connectivity index (χ0) is 15.6. The Hall–Kier alpha value is -3.03. The largest absolute Gasteiger partial charge is 0.477 e. The summed E-state index contributed by atoms with van der Waals surface area (Å²) in [6, 6.07) is 4.82. The highest BCUT2D eigenvalue weighted by molar-refractivity contribution is 5.94. The van der Waals surface area contributed by atoms with E-state index in [9.17, 15) is 19.3 Å². The Bertz CT molecular complexity index is 706. The summed E-state index contributed by atoms with van der Waals surface area (Å²) in [5, 5.41) is 19.8. The van der Waals surface area contributed by atoms with Gasteiger partial charge in [-0.05, 0) is 18.2 Å². The number of benzene rings is 1. The van der Waals surface area contributed by atoms with Gasteiger partial charge in [-0.1, -0.05) is 0 Å². The Morgan fingerprint density at radius 1 is 1.48 bits per heavy atom. The zero-order valence-corrected chi connectivity index (χ0v) is 10.9. The number of carboxylic acids is 1. The predicted molar refractivity (Wildman–Crippen MR) is 72.3 cm³/mol. The first-order chi connectivity index (χ1) is 9.91. The summed E-state index contributed by atoms with van der Waals surface area (Å²) in [5.74, 6) is -2.39. The number of nitro groups is 1. The van der Waals surface area contributed by atoms with Gasteiger partial charge in [-0.25, -0.2) is 9.18 Å². The Kier molecular flexibility index (Phi) is 3.79. The van der Waals surface area contributed by atoms with Crippen LogP contribution in [-0.2, 0) is 0 Å². The Morgan fingerprint density at radius 3 is 2.71 bits per heavy atom. The highest BCUT2D eigenvalue weighted by Crippen LogP contribution is 2.31. The minimum Gasteiger partial charge on any atom is -0.477 e. The molecular weight excluding hydrogens is 281 g/mol. The number of pyridine rings is 1. The molecule has 8 heteroatoms. The Balaban J connectivity index is 2.57. The number of hydrogen-bond donors (Lipinski definition) is 1. The van der Waals surface area contributed by atoms with Gasteiger partial charge in [0.2, 0.25) is 0 Å². The molecule has 1 N–H and O–H groups in total. The minimum absolute atomic E-state index is 0.0917. The van der Waals surface area contributed by atoms with Crippen LogP contribution in [0.2, 0.25) is 0 Å². The second kappa shape index (κ2) is 5.53. The van der Waals surface area contributed by atoms with Crippen LogP contribution in [0.3, 0.4) is 0 Å². The normalized spacial score (nSPS) is 10.2. The predicted octanol–water partition coefficient (Wildman–Crippen LogP) is 2.60. The molecule has 2 rings (SSSR count). The molecule has 2 aromatic rings. The van der Waals surface area contributed by atoms with Gasteiger partial charge in [-0.3, -0.25) is 15.1 Å². The smallest absolute Gasteiger partial charge is 0.342 e. The molecule has 1 aromatic heterocycles. The van der Waals surface area contributed by atoms with Crippen molar-refractivity contribution < 1.29 is 19.2 Å². The Labute approximate surface area is 118 Å². The molecule has 0 unspecified atom stereocenters. The van der Waals surface area contributed by atoms with E-state index < -0.39 is 28.0 Å². The van der Waals surface area contributed by atoms with Gasteiger partial charge in [0, 0.05) is 13.2 Å². The SMILES string of the molecule is CN(c1cccnc1)c1cc(C(=O)O)c([N+](=O)[O-])cc1F. The molecule has 1 heterocycles. The summed E-state index contributed by atoms with van der Waals surface area (Å²) >= 11 is 0. The molecule has 0 atom stereocenters. The summed E-state index contributed by atoms with van der Waals surface area (Å²) < 4.78 is 14.0. The van der Waals surface area contributed by atoms with E-state index in [0.717, 1.165) is 6.07 Å². The van der Waals surface area contributed by atoms with Crippen LogP contribution in [0.4, 0.5) is 21.5 Å². The molecule has 0 aliphatic carbocycles. The van der Waals surface area contributed by atoms with Crippen molar-refractivity contribution in [3.05, 3.63) is 58.2 Å². The lowest BCUT2D eigenvalue weighted by atomic mass is 10.1. The maximum absolute atomic E-state index is 14.0. The molecule has 0 spiro atoms. The summed E-state index contributed by atoms with van der Waals surface area (Å²) in [6.07, 6.45) is 2.99. The summed E-state index contributed by atoms with van der Waals surface area (Å²) in [7, 11) is 1.51. The number of rotatable bonds is 4. The monoisotopic (exact) mass is 291 g/mol. The van der Waals surface area contributed by atoms with E-state index in [1.54, 1.807) is 12.1 Å². The van der Waals surface area contributed by atoms with Gasteiger partial charge in [0.15, 0.2) is 5.82 Å². The van der Waals surface area contributed by atoms with Crippen LogP contribution in [0.1, 0.15) is 10.4 Å². The quantitative estimate of drug-likeness (QED) is 0.687. The van der Waals surface area contributed by atoms with Crippen LogP contribution >= 0.6 is 0 Å². The number of nitro benzene ring substituents is 1. The first kappa shape index (κ1) is 14.4. The van der Waals surface area contributed by atoms with Gasteiger partial charge < -0.3 is 10.0 Å². The number of aromatic carboxylic acids is 1. The summed E-state index contributed by atoms with van der Waals surface area (Å²) in [5.41, 5.74) is -0.942. The van der Waals surface area contributed by atoms with Crippen LogP contribution in [0, 0.1) is 15.9 Å². The third-order valence-electron chi connectivity index (χ3n) is 2.89. The van der Waals surface area contributed by atoms with E-state index in [-0.39, 0.29) is 5.69 Å². The average molecular weight is 291 g/mol. The fourth-order valence-corrected chi connectivity index (χ4v) is 1.82. The van der Waals surface area contributed by atoms with Crippen molar-refractivity contribution in [3.8, 4) is 0 Å². The van der Waals surface area contributed by atoms with E-state index in [0.29, 0.717) is 11.8 Å². The van der Waals surface area contributed by atoms with Gasteiger partial charge in [0.25, 0.3) is 5.69 Å². The molecule has 108 valence electrons. The number of nitrogens with zero attached hydrogens (tertiary/aromatic N) is 3. The molecule has 0 saturated carbocycles. The van der Waals surface area contributed by atoms with E-state index in [1.807, 2.05) is 0 Å². The molecule has 0 fully saturated rings. The molecule has 0 radical (unpaired) electrons. The topological polar surface area (TPSA) is 96.6 Å². The standard InChI is InChI=1S/C13H10FN3O4/c1-16(8-3-2-4-15-7-8)12-5-9(13(18)19)11(17(20)21)6-10(12)14/h2-7H,1H3,(H,18,19). The van der Waals surface area contributed by atoms with Crippen molar-refractivity contribution >= 4 is 23.0 Å². The van der Waals surface area contributed by atoms with Crippen LogP contribution in [0.15, 0.2) is 36.7 Å². The van der Waals surface area contributed by atoms with E-state index in [2.05, 4.69) is 4.98 Å². The first-order valence-corrected chi connectivity index (χ1v) is 5.77. The molecule has 0 aliphatic heterocycles. The number of aromatic nitrogens is 1. The fourth-order valence-electron chi connectivity index (χ4n) is 1.82. The zero-order valence-electron chi connectivity index (χ0n) is 10.9. The molecule has 7 nitrogen and oxygen atoms in total. The molecule has 0 saturated heterocycles. The van der Waals surface area contributed by atoms with Crippen molar-refractivity contribution in [2.24, 2.45) is 0 Å². The minimum atomic E-state index is -1.50. The van der Waals surface area contributed by atoms with Crippen LogP contribution < -0.4 is 4.90 Å². The second-order valence-electron chi connectivity index (χ2n) is 4.15. The molecule has 0 aliphatic rings. The summed E-state index contributed by atoms with van der Waals surface area (Å²) in [4.78, 5) is 26.2. The fraction of sp³-hybridized carbons (Fsp3) is 0.0769. The maximum Gasteiger partial charge on any atom is 0.342 e. The lowest BCUT2D eigenvalue weighted by Gasteiger charge is -2.20. The third kappa shape index (κ3) is 2.78. The highest BCUT2D eigenvalue weighted by Gasteiger charge is 2.24. The third-order valence-corrected chi connectivity index (χ3v) is 2.89. The second-order valence-corrected chi connectivity index (χ2v) is 4.15. The van der Waals surface area contributed by atoms with Crippen molar-refractivity contribution in [1.82, 2.24) is 4.98 Å². The molecule has 21 heavy (non-hydrogen) atoms. The number of hydrogen-bond acceptors (Lipinski definition) is 5. The number of carbonyl (C=O) groups is 1. The highest BCUT2D eigenvalue weighted by atomic mass is 19.1. The average Bonchev–Trinajstić information content (AvgIpc) is 2.46. The van der Waals surface area contributed by atoms with Crippen LogP contribution in [0.25, 0.3) is 0 Å². The van der Waals surface area contributed by atoms with E-state index in [1.165, 1.54) is 24.3 Å². The molecular formula is C13H10FN3O4. The van der Waals surface area contributed by atoms with Crippen molar-refractivity contribution in [3.63, 3.8) is 0 Å². The maximum atomic E-state index is 14.0. The van der Waals surface area contributed by atoms with Crippen molar-refractivity contribution in [2.75, 3.05) is 11.9 Å². The van der Waals surface area contributed by atoms with Gasteiger partial charge in [0.1, 0.15) is 5.56 Å². The molecule has 0 amide bonds. The lowest BCUT2D eigenvalue weighted by Crippen LogP contribution is -2.14. The van der Waals surface area contributed by atoms with Crippen LogP contribution in [0.5, 0.6) is 0 Å². The van der Waals surface area contributed by atoms with E-state index >= 15 is 0 Å².